The molecule has 1 amide bonds. The van der Waals surface area contributed by atoms with Gasteiger partial charge < -0.3 is 20.5 Å². The average molecular weight is 489 g/mol. The maximum atomic E-state index is 13.6. The average Bonchev–Trinajstić information content (AvgIpc) is 2.84. The van der Waals surface area contributed by atoms with E-state index in [1.165, 1.54) is 0 Å². The fourth-order valence-electron chi connectivity index (χ4n) is 4.62. The Labute approximate surface area is 189 Å². The highest BCUT2D eigenvalue weighted by atomic mass is 79.9. The van der Waals surface area contributed by atoms with Gasteiger partial charge in [0.15, 0.2) is 5.78 Å². The Bertz CT molecular complexity index is 1110. The summed E-state index contributed by atoms with van der Waals surface area (Å²) in [6.45, 7) is 9.06. The number of benzene rings is 1. The zero-order valence-electron chi connectivity index (χ0n) is 18.1. The number of fused-ring (bicyclic) bond motifs is 3. The number of carbonyl (C=O) groups is 3. The standard InChI is InChI=1S/C23H25BrN2O5/c1-21(2,3)31-19(28)17-18(25)30-15-10-22(4,5)9-14(27)16(15)23(17)12-8-11(24)6-7-13(12)26-20(23)29/h6-8H,9-10,25H2,1-5H3,(H,26,29). The van der Waals surface area contributed by atoms with E-state index in [1.807, 2.05) is 13.8 Å². The summed E-state index contributed by atoms with van der Waals surface area (Å²) in [4.78, 5) is 40.5. The van der Waals surface area contributed by atoms with E-state index in [1.54, 1.807) is 39.0 Å². The van der Waals surface area contributed by atoms with Gasteiger partial charge in [-0.25, -0.2) is 4.79 Å². The highest BCUT2D eigenvalue weighted by Gasteiger charge is 2.63. The number of ketones is 1. The van der Waals surface area contributed by atoms with Gasteiger partial charge in [0.1, 0.15) is 22.3 Å². The Balaban J connectivity index is 2.05. The zero-order valence-corrected chi connectivity index (χ0v) is 19.7. The third-order valence-electron chi connectivity index (χ3n) is 5.64. The maximum Gasteiger partial charge on any atom is 0.341 e. The van der Waals surface area contributed by atoms with Gasteiger partial charge in [-0.3, -0.25) is 9.59 Å². The number of allylic oxidation sites excluding steroid dienone is 1. The molecule has 4 rings (SSSR count). The third kappa shape index (κ3) is 3.28. The number of Topliss-reactive ketones (excluding diaryl/α,β-unsaturated/α-hetero) is 1. The SMILES string of the molecule is CC1(C)CC(=O)C2=C(C1)OC(N)=C(C(=O)OC(C)(C)C)C21C(=O)Nc2ccc(Br)cc21. The van der Waals surface area contributed by atoms with Crippen molar-refractivity contribution in [3.8, 4) is 0 Å². The first-order chi connectivity index (χ1) is 14.3. The van der Waals surface area contributed by atoms with Crippen molar-refractivity contribution >= 4 is 39.3 Å². The van der Waals surface area contributed by atoms with E-state index in [4.69, 9.17) is 15.2 Å². The molecular weight excluding hydrogens is 464 g/mol. The molecule has 0 saturated heterocycles. The quantitative estimate of drug-likeness (QED) is 0.581. The van der Waals surface area contributed by atoms with E-state index >= 15 is 0 Å². The van der Waals surface area contributed by atoms with Crippen molar-refractivity contribution in [2.24, 2.45) is 11.1 Å². The number of nitrogens with one attached hydrogen (secondary N) is 1. The van der Waals surface area contributed by atoms with Crippen molar-refractivity contribution in [3.05, 3.63) is 51.0 Å². The molecule has 1 aliphatic carbocycles. The minimum atomic E-state index is -1.73. The first-order valence-corrected chi connectivity index (χ1v) is 10.9. The third-order valence-corrected chi connectivity index (χ3v) is 6.14. The highest BCUT2D eigenvalue weighted by Crippen LogP contribution is 2.56. The van der Waals surface area contributed by atoms with Gasteiger partial charge in [-0.2, -0.15) is 0 Å². The van der Waals surface area contributed by atoms with Crippen LogP contribution in [0.5, 0.6) is 0 Å². The van der Waals surface area contributed by atoms with E-state index in [2.05, 4.69) is 21.2 Å². The summed E-state index contributed by atoms with van der Waals surface area (Å²) < 4.78 is 12.1. The van der Waals surface area contributed by atoms with Gasteiger partial charge in [-0.05, 0) is 44.4 Å². The Morgan fingerprint density at radius 3 is 2.55 bits per heavy atom. The Kier molecular flexibility index (Phi) is 4.67. The number of carbonyl (C=O) groups excluding carboxylic acids is 3. The molecule has 3 N–H and O–H groups in total. The van der Waals surface area contributed by atoms with Gasteiger partial charge >= 0.3 is 5.97 Å². The fraction of sp³-hybridized carbons (Fsp3) is 0.435. The number of nitrogens with two attached hydrogens (primary N) is 1. The second kappa shape index (κ2) is 6.69. The first-order valence-electron chi connectivity index (χ1n) is 10.1. The molecule has 3 aliphatic rings. The van der Waals surface area contributed by atoms with Gasteiger partial charge in [-0.15, -0.1) is 0 Å². The van der Waals surface area contributed by atoms with Crippen molar-refractivity contribution in [2.45, 2.75) is 58.5 Å². The molecule has 0 aromatic heterocycles. The van der Waals surface area contributed by atoms with Crippen molar-refractivity contribution in [1.82, 2.24) is 0 Å². The Morgan fingerprint density at radius 1 is 1.23 bits per heavy atom. The summed E-state index contributed by atoms with van der Waals surface area (Å²) in [5.41, 5.74) is 4.32. The number of hydrogen-bond donors (Lipinski definition) is 2. The first kappa shape index (κ1) is 21.6. The smallest absolute Gasteiger partial charge is 0.341 e. The predicted molar refractivity (Wildman–Crippen MR) is 118 cm³/mol. The normalized spacial score (nSPS) is 24.6. The molecule has 2 aliphatic heterocycles. The second-order valence-electron chi connectivity index (χ2n) is 9.98. The van der Waals surface area contributed by atoms with Crippen LogP contribution in [0.4, 0.5) is 5.69 Å². The monoisotopic (exact) mass is 488 g/mol. The van der Waals surface area contributed by atoms with Crippen LogP contribution in [0.3, 0.4) is 0 Å². The summed E-state index contributed by atoms with van der Waals surface area (Å²) in [5.74, 6) is -1.45. The number of hydrogen-bond acceptors (Lipinski definition) is 6. The Hall–Kier alpha value is -2.61. The number of ether oxygens (including phenoxy) is 2. The van der Waals surface area contributed by atoms with Gasteiger partial charge in [0.25, 0.3) is 0 Å². The molecule has 1 aromatic rings. The molecule has 2 heterocycles. The van der Waals surface area contributed by atoms with Crippen LogP contribution in [0.25, 0.3) is 0 Å². The number of esters is 1. The second-order valence-corrected chi connectivity index (χ2v) is 10.9. The number of anilines is 1. The molecule has 0 fully saturated rings. The summed E-state index contributed by atoms with van der Waals surface area (Å²) in [5, 5.41) is 2.83. The van der Waals surface area contributed by atoms with Crippen LogP contribution in [0.1, 0.15) is 53.0 Å². The lowest BCUT2D eigenvalue weighted by Gasteiger charge is -2.42. The van der Waals surface area contributed by atoms with Crippen LogP contribution < -0.4 is 11.1 Å². The van der Waals surface area contributed by atoms with Gasteiger partial charge in [0, 0.05) is 28.6 Å². The molecule has 8 heteroatoms. The van der Waals surface area contributed by atoms with Crippen LogP contribution in [0.2, 0.25) is 0 Å². The zero-order chi connectivity index (χ0) is 22.9. The molecule has 31 heavy (non-hydrogen) atoms. The van der Waals surface area contributed by atoms with E-state index < -0.39 is 22.9 Å². The molecule has 0 radical (unpaired) electrons. The van der Waals surface area contributed by atoms with Gasteiger partial charge in [0.05, 0.1) is 5.57 Å². The van der Waals surface area contributed by atoms with E-state index in [9.17, 15) is 14.4 Å². The minimum Gasteiger partial charge on any atom is -0.456 e. The molecular formula is C23H25BrN2O5. The van der Waals surface area contributed by atoms with Crippen molar-refractivity contribution in [2.75, 3.05) is 5.32 Å². The maximum absolute atomic E-state index is 13.6. The van der Waals surface area contributed by atoms with Crippen molar-refractivity contribution in [1.29, 1.82) is 0 Å². The lowest BCUT2D eigenvalue weighted by atomic mass is 9.62. The van der Waals surface area contributed by atoms with Gasteiger partial charge in [0.2, 0.25) is 11.8 Å². The topological polar surface area (TPSA) is 108 Å². The molecule has 1 aromatic carbocycles. The van der Waals surface area contributed by atoms with Crippen molar-refractivity contribution in [3.63, 3.8) is 0 Å². The van der Waals surface area contributed by atoms with Crippen LogP contribution >= 0.6 is 15.9 Å². The summed E-state index contributed by atoms with van der Waals surface area (Å²) in [6.07, 6.45) is 0.629. The minimum absolute atomic E-state index is 0.163. The highest BCUT2D eigenvalue weighted by molar-refractivity contribution is 9.10. The number of halogens is 1. The van der Waals surface area contributed by atoms with E-state index in [0.29, 0.717) is 27.9 Å². The van der Waals surface area contributed by atoms with Gasteiger partial charge in [-0.1, -0.05) is 29.8 Å². The molecule has 1 atom stereocenters. The fourth-order valence-corrected chi connectivity index (χ4v) is 4.98. The van der Waals surface area contributed by atoms with Crippen LogP contribution in [0.15, 0.2) is 45.5 Å². The molecule has 1 spiro atoms. The van der Waals surface area contributed by atoms with Crippen LogP contribution in [0, 0.1) is 5.41 Å². The van der Waals surface area contributed by atoms with E-state index in [-0.39, 0.29) is 34.6 Å². The molecule has 1 unspecified atom stereocenters. The Morgan fingerprint density at radius 2 is 1.90 bits per heavy atom. The summed E-state index contributed by atoms with van der Waals surface area (Å²) in [7, 11) is 0. The largest absolute Gasteiger partial charge is 0.456 e. The van der Waals surface area contributed by atoms with Crippen LogP contribution in [-0.4, -0.2) is 23.3 Å². The predicted octanol–water partition coefficient (Wildman–Crippen LogP) is 3.82. The number of amides is 1. The lowest BCUT2D eigenvalue weighted by Crippen LogP contribution is -2.51. The molecule has 7 nitrogen and oxygen atoms in total. The lowest BCUT2D eigenvalue weighted by molar-refractivity contribution is -0.152. The number of rotatable bonds is 1. The molecule has 0 saturated carbocycles. The van der Waals surface area contributed by atoms with E-state index in [0.717, 1.165) is 0 Å². The van der Waals surface area contributed by atoms with Crippen LogP contribution in [-0.2, 0) is 29.3 Å². The molecule has 164 valence electrons. The summed E-state index contributed by atoms with van der Waals surface area (Å²) in [6, 6.07) is 5.23. The summed E-state index contributed by atoms with van der Waals surface area (Å²) >= 11 is 3.44. The molecule has 0 bridgehead atoms. The van der Waals surface area contributed by atoms with Crippen molar-refractivity contribution < 1.29 is 23.9 Å².